The van der Waals surface area contributed by atoms with Gasteiger partial charge in [-0.2, -0.15) is 0 Å². The van der Waals surface area contributed by atoms with Crippen molar-refractivity contribution in [3.63, 3.8) is 0 Å². The number of nitrogens with two attached hydrogens (primary N) is 1. The second-order valence-electron chi connectivity index (χ2n) is 11.8. The zero-order valence-electron chi connectivity index (χ0n) is 26.7. The molecule has 48 heavy (non-hydrogen) atoms. The number of fused-ring (bicyclic) bond motifs is 3. The van der Waals surface area contributed by atoms with Gasteiger partial charge in [-0.05, 0) is 69.6 Å². The first-order valence-electron chi connectivity index (χ1n) is 16.2. The van der Waals surface area contributed by atoms with Gasteiger partial charge in [-0.15, -0.1) is 0 Å². The number of nitrogens with zero attached hydrogens (tertiary/aromatic N) is 1. The van der Waals surface area contributed by atoms with Gasteiger partial charge in [0.05, 0.1) is 0 Å². The largest absolute Gasteiger partial charge is 0.456 e. The first-order valence-corrected chi connectivity index (χ1v) is 16.2. The molecule has 0 spiro atoms. The molecular formula is C45H36N2O. The van der Waals surface area contributed by atoms with E-state index in [2.05, 4.69) is 116 Å². The van der Waals surface area contributed by atoms with Crippen molar-refractivity contribution in [3.8, 4) is 11.1 Å². The molecule has 0 saturated heterocycles. The fourth-order valence-corrected chi connectivity index (χ4v) is 6.19. The van der Waals surface area contributed by atoms with Crippen LogP contribution in [0.3, 0.4) is 0 Å². The molecule has 6 aromatic carbocycles. The number of rotatable bonds is 10. The number of allylic oxidation sites excluding steroid dienone is 5. The van der Waals surface area contributed by atoms with Crippen LogP contribution in [-0.4, -0.2) is 5.84 Å². The number of furan rings is 1. The molecule has 3 nitrogen and oxygen atoms in total. The molecule has 2 N–H and O–H groups in total. The van der Waals surface area contributed by atoms with Crippen molar-refractivity contribution in [1.82, 2.24) is 0 Å². The molecule has 0 aliphatic carbocycles. The molecule has 0 aliphatic heterocycles. The predicted molar refractivity (Wildman–Crippen MR) is 202 cm³/mol. The molecular weight excluding hydrogens is 585 g/mol. The third-order valence-electron chi connectivity index (χ3n) is 8.62. The fourth-order valence-electron chi connectivity index (χ4n) is 6.19. The van der Waals surface area contributed by atoms with Crippen molar-refractivity contribution >= 4 is 33.3 Å². The zero-order valence-corrected chi connectivity index (χ0v) is 26.7. The van der Waals surface area contributed by atoms with Gasteiger partial charge in [-0.1, -0.05) is 158 Å². The van der Waals surface area contributed by atoms with E-state index in [1.807, 2.05) is 66.7 Å². The average molecular weight is 621 g/mol. The Morgan fingerprint density at radius 1 is 0.688 bits per heavy atom. The van der Waals surface area contributed by atoms with Gasteiger partial charge in [0.1, 0.15) is 23.0 Å². The van der Waals surface area contributed by atoms with E-state index in [9.17, 15) is 0 Å². The van der Waals surface area contributed by atoms with Crippen LogP contribution in [0.4, 0.5) is 0 Å². The second kappa shape index (κ2) is 14.1. The maximum Gasteiger partial charge on any atom is 0.136 e. The van der Waals surface area contributed by atoms with Crippen LogP contribution in [0.5, 0.6) is 0 Å². The highest BCUT2D eigenvalue weighted by molar-refractivity contribution is 6.13. The number of hydrogen-bond donors (Lipinski definition) is 1. The van der Waals surface area contributed by atoms with E-state index in [1.165, 1.54) is 5.56 Å². The monoisotopic (exact) mass is 620 g/mol. The van der Waals surface area contributed by atoms with Crippen LogP contribution >= 0.6 is 0 Å². The summed E-state index contributed by atoms with van der Waals surface area (Å²) >= 11 is 0. The number of amidine groups is 1. The summed E-state index contributed by atoms with van der Waals surface area (Å²) in [5.41, 5.74) is 16.9. The lowest BCUT2D eigenvalue weighted by molar-refractivity contribution is 0.669. The molecule has 1 atom stereocenters. The van der Waals surface area contributed by atoms with Gasteiger partial charge in [-0.25, -0.2) is 0 Å². The van der Waals surface area contributed by atoms with Gasteiger partial charge in [-0.3, -0.25) is 4.99 Å². The summed E-state index contributed by atoms with van der Waals surface area (Å²) in [5.74, 6) is 0.506. The molecule has 1 unspecified atom stereocenters. The lowest BCUT2D eigenvalue weighted by atomic mass is 9.93. The summed E-state index contributed by atoms with van der Waals surface area (Å²) in [5, 5.41) is 2.15. The van der Waals surface area contributed by atoms with Crippen molar-refractivity contribution in [2.75, 3.05) is 0 Å². The third kappa shape index (κ3) is 6.53. The normalized spacial score (nSPS) is 12.9. The minimum atomic E-state index is -0.270. The van der Waals surface area contributed by atoms with E-state index in [1.54, 1.807) is 0 Å². The maximum atomic E-state index is 6.58. The predicted octanol–water partition coefficient (Wildman–Crippen LogP) is 11.1. The number of hydrogen-bond acceptors (Lipinski definition) is 2. The molecule has 0 amide bonds. The molecule has 0 aliphatic rings. The van der Waals surface area contributed by atoms with Crippen molar-refractivity contribution in [2.45, 2.75) is 12.5 Å². The van der Waals surface area contributed by atoms with E-state index in [4.69, 9.17) is 15.1 Å². The van der Waals surface area contributed by atoms with Crippen molar-refractivity contribution in [2.24, 2.45) is 10.7 Å². The molecule has 7 rings (SSSR count). The van der Waals surface area contributed by atoms with Crippen LogP contribution in [0.15, 0.2) is 192 Å². The second-order valence-corrected chi connectivity index (χ2v) is 11.8. The van der Waals surface area contributed by atoms with E-state index in [0.717, 1.165) is 67.3 Å². The molecule has 0 fully saturated rings. The first-order chi connectivity index (χ1) is 23.7. The van der Waals surface area contributed by atoms with Crippen LogP contribution in [0.2, 0.25) is 0 Å². The first kappa shape index (κ1) is 30.5. The fraction of sp³-hybridized carbons (Fsp3) is 0.0444. The van der Waals surface area contributed by atoms with Crippen molar-refractivity contribution in [3.05, 3.63) is 210 Å². The molecule has 7 aromatic rings. The lowest BCUT2D eigenvalue weighted by Crippen LogP contribution is -2.15. The quantitative estimate of drug-likeness (QED) is 0.0939. The van der Waals surface area contributed by atoms with Gasteiger partial charge >= 0.3 is 0 Å². The van der Waals surface area contributed by atoms with Crippen LogP contribution in [0, 0.1) is 0 Å². The molecule has 0 bridgehead atoms. The highest BCUT2D eigenvalue weighted by Gasteiger charge is 2.18. The minimum absolute atomic E-state index is 0.270. The minimum Gasteiger partial charge on any atom is -0.456 e. The van der Waals surface area contributed by atoms with Crippen molar-refractivity contribution < 1.29 is 4.42 Å². The van der Waals surface area contributed by atoms with Crippen LogP contribution in [0.25, 0.3) is 38.6 Å². The Morgan fingerprint density at radius 2 is 1.40 bits per heavy atom. The molecule has 3 heteroatoms. The smallest absolute Gasteiger partial charge is 0.136 e. The summed E-state index contributed by atoms with van der Waals surface area (Å²) in [6.45, 7) is 4.12. The van der Waals surface area contributed by atoms with Crippen LogP contribution in [0.1, 0.15) is 33.9 Å². The Balaban J connectivity index is 1.28. The zero-order chi connectivity index (χ0) is 32.7. The summed E-state index contributed by atoms with van der Waals surface area (Å²) in [7, 11) is 0. The standard InChI is InChI=1S/C45H36N2O/c1-2-33(19-13-12-18-32-16-6-3-7-17-32)36-28-29-41-40(31-36)43-39(26-15-27-42(43)48-41)37-24-14-25-38(30-37)44(34-20-8-4-9-21-34)47-45(46)35-22-10-5-11-23-35/h2-17,19-31,44H,1,18H2,(H2,46,47)/b13-12-,33-19+. The molecule has 1 heterocycles. The van der Waals surface area contributed by atoms with Gasteiger partial charge < -0.3 is 10.2 Å². The average Bonchev–Trinajstić information content (AvgIpc) is 3.53. The van der Waals surface area contributed by atoms with Gasteiger partial charge in [0.2, 0.25) is 0 Å². The molecule has 0 radical (unpaired) electrons. The van der Waals surface area contributed by atoms with E-state index in [-0.39, 0.29) is 6.04 Å². The van der Waals surface area contributed by atoms with E-state index >= 15 is 0 Å². The Kier molecular flexibility index (Phi) is 8.93. The van der Waals surface area contributed by atoms with Gasteiger partial charge in [0.25, 0.3) is 0 Å². The lowest BCUT2D eigenvalue weighted by Gasteiger charge is -2.17. The maximum absolute atomic E-state index is 6.58. The Labute approximate surface area is 281 Å². The van der Waals surface area contributed by atoms with Crippen LogP contribution in [-0.2, 0) is 6.42 Å². The van der Waals surface area contributed by atoms with E-state index in [0.29, 0.717) is 5.84 Å². The van der Waals surface area contributed by atoms with E-state index < -0.39 is 0 Å². The molecule has 0 saturated carbocycles. The summed E-state index contributed by atoms with van der Waals surface area (Å²) in [6.07, 6.45) is 9.19. The Hall–Kier alpha value is -6.19. The summed E-state index contributed by atoms with van der Waals surface area (Å²) < 4.78 is 6.38. The highest BCUT2D eigenvalue weighted by atomic mass is 16.3. The number of benzene rings is 6. The summed E-state index contributed by atoms with van der Waals surface area (Å²) in [6, 6.07) is 51.7. The highest BCUT2D eigenvalue weighted by Crippen LogP contribution is 2.39. The topological polar surface area (TPSA) is 51.5 Å². The SMILES string of the molecule is C=C/C(=C\C=C/Cc1ccccc1)c1ccc2oc3cccc(-c4cccc(C(N=C(N)c5ccccc5)c5ccccc5)c4)c3c2c1. The van der Waals surface area contributed by atoms with Crippen molar-refractivity contribution in [1.29, 1.82) is 0 Å². The Morgan fingerprint density at radius 3 is 2.17 bits per heavy atom. The van der Waals surface area contributed by atoms with Crippen LogP contribution < -0.4 is 5.73 Å². The Bertz CT molecular complexity index is 2280. The number of aliphatic imine (C=N–C) groups is 1. The molecule has 232 valence electrons. The third-order valence-corrected chi connectivity index (χ3v) is 8.62. The van der Waals surface area contributed by atoms with Gasteiger partial charge in [0, 0.05) is 16.3 Å². The van der Waals surface area contributed by atoms with Gasteiger partial charge in [0.15, 0.2) is 0 Å². The summed E-state index contributed by atoms with van der Waals surface area (Å²) in [4.78, 5) is 5.07. The molecule has 1 aromatic heterocycles.